The average molecular weight is 204 g/mol. The van der Waals surface area contributed by atoms with Gasteiger partial charge < -0.3 is 5.11 Å². The Morgan fingerprint density at radius 3 is 3.13 bits per heavy atom. The highest BCUT2D eigenvalue weighted by Gasteiger charge is 2.56. The van der Waals surface area contributed by atoms with Gasteiger partial charge in [0.25, 0.3) is 0 Å². The summed E-state index contributed by atoms with van der Waals surface area (Å²) in [4.78, 5) is 10.9. The van der Waals surface area contributed by atoms with Gasteiger partial charge in [0.05, 0.1) is 0 Å². The average Bonchev–Trinajstić information content (AvgIpc) is 2.60. The number of allylic oxidation sites excluding steroid dienone is 2. The number of aromatic amines is 1. The van der Waals surface area contributed by atoms with E-state index < -0.39 is 5.97 Å². The zero-order valence-electron chi connectivity index (χ0n) is 8.40. The van der Waals surface area contributed by atoms with E-state index in [9.17, 15) is 4.79 Å². The van der Waals surface area contributed by atoms with Crippen LogP contribution in [-0.4, -0.2) is 21.3 Å². The summed E-state index contributed by atoms with van der Waals surface area (Å²) in [5.41, 5.74) is 2.20. The number of aromatic carboxylic acids is 1. The van der Waals surface area contributed by atoms with E-state index in [1.165, 1.54) is 0 Å². The van der Waals surface area contributed by atoms with Gasteiger partial charge in [-0.15, -0.1) is 0 Å². The summed E-state index contributed by atoms with van der Waals surface area (Å²) in [6, 6.07) is 0. The minimum atomic E-state index is -0.920. The number of aromatic nitrogens is 2. The molecule has 2 N–H and O–H groups in total. The number of carbonyl (C=O) groups is 1. The molecule has 0 radical (unpaired) electrons. The van der Waals surface area contributed by atoms with Crippen molar-refractivity contribution in [3.8, 4) is 0 Å². The largest absolute Gasteiger partial charge is 0.476 e. The van der Waals surface area contributed by atoms with Gasteiger partial charge in [0.1, 0.15) is 0 Å². The fraction of sp³-hybridized carbons (Fsp3) is 0.455. The molecule has 1 fully saturated rings. The van der Waals surface area contributed by atoms with Gasteiger partial charge in [-0.2, -0.15) is 5.10 Å². The lowest BCUT2D eigenvalue weighted by Gasteiger charge is -1.98. The Morgan fingerprint density at radius 1 is 1.67 bits per heavy atom. The third-order valence-electron chi connectivity index (χ3n) is 3.52. The first-order chi connectivity index (χ1) is 7.24. The van der Waals surface area contributed by atoms with E-state index in [1.54, 1.807) is 0 Å². The van der Waals surface area contributed by atoms with Crippen LogP contribution in [0.5, 0.6) is 0 Å². The third kappa shape index (κ3) is 1.02. The highest BCUT2D eigenvalue weighted by atomic mass is 16.4. The molecule has 15 heavy (non-hydrogen) atoms. The molecular formula is C11H12N2O2. The number of H-pyrrole nitrogens is 1. The molecular weight excluding hydrogens is 192 g/mol. The van der Waals surface area contributed by atoms with Crippen molar-refractivity contribution >= 4 is 5.97 Å². The summed E-state index contributed by atoms with van der Waals surface area (Å²) >= 11 is 0. The highest BCUT2D eigenvalue weighted by molar-refractivity contribution is 5.88. The summed E-state index contributed by atoms with van der Waals surface area (Å²) in [7, 11) is 0. The smallest absolute Gasteiger partial charge is 0.356 e. The molecule has 1 aromatic heterocycles. The van der Waals surface area contributed by atoms with Crippen LogP contribution in [-0.2, 0) is 6.42 Å². The second-order valence-corrected chi connectivity index (χ2v) is 4.27. The van der Waals surface area contributed by atoms with Crippen LogP contribution < -0.4 is 0 Å². The molecule has 2 aliphatic carbocycles. The molecule has 0 spiro atoms. The minimum Gasteiger partial charge on any atom is -0.476 e. The Morgan fingerprint density at radius 2 is 2.47 bits per heavy atom. The van der Waals surface area contributed by atoms with Crippen molar-refractivity contribution in [3.63, 3.8) is 0 Å². The van der Waals surface area contributed by atoms with Crippen LogP contribution in [0, 0.1) is 11.8 Å². The van der Waals surface area contributed by atoms with E-state index in [-0.39, 0.29) is 5.69 Å². The lowest BCUT2D eigenvalue weighted by atomic mass is 10.1. The second-order valence-electron chi connectivity index (χ2n) is 4.27. The lowest BCUT2D eigenvalue weighted by molar-refractivity contribution is 0.0689. The molecule has 1 heterocycles. The van der Waals surface area contributed by atoms with Crippen molar-refractivity contribution in [1.82, 2.24) is 10.2 Å². The van der Waals surface area contributed by atoms with Gasteiger partial charge in [-0.25, -0.2) is 4.79 Å². The standard InChI is InChI=1S/C11H12N2O2/c1-2-3-5-6-4-7-9(8(5)6)12-13-10(7)11(14)15/h2-3,5-6,8H,4H2,1H3,(H,12,13)(H,14,15)/b3-2-. The van der Waals surface area contributed by atoms with E-state index in [0.29, 0.717) is 17.8 Å². The van der Waals surface area contributed by atoms with Crippen LogP contribution in [0.4, 0.5) is 0 Å². The number of nitrogens with one attached hydrogen (secondary N) is 1. The molecule has 2 aliphatic rings. The van der Waals surface area contributed by atoms with Crippen LogP contribution in [0.2, 0.25) is 0 Å². The Hall–Kier alpha value is -1.58. The van der Waals surface area contributed by atoms with Gasteiger partial charge >= 0.3 is 5.97 Å². The zero-order chi connectivity index (χ0) is 10.6. The Kier molecular flexibility index (Phi) is 1.58. The van der Waals surface area contributed by atoms with Gasteiger partial charge in [-0.05, 0) is 25.2 Å². The monoisotopic (exact) mass is 204 g/mol. The molecule has 1 saturated carbocycles. The highest BCUT2D eigenvalue weighted by Crippen LogP contribution is 2.61. The minimum absolute atomic E-state index is 0.219. The SMILES string of the molecule is C/C=C\C1C2Cc3c(C(=O)O)n[nH]c3C12. The first kappa shape index (κ1) is 8.71. The zero-order valence-corrected chi connectivity index (χ0v) is 8.40. The van der Waals surface area contributed by atoms with Crippen molar-refractivity contribution in [2.45, 2.75) is 19.3 Å². The van der Waals surface area contributed by atoms with Crippen LogP contribution >= 0.6 is 0 Å². The summed E-state index contributed by atoms with van der Waals surface area (Å²) in [6.45, 7) is 2.02. The van der Waals surface area contributed by atoms with E-state index in [1.807, 2.05) is 6.92 Å². The van der Waals surface area contributed by atoms with E-state index >= 15 is 0 Å². The first-order valence-electron chi connectivity index (χ1n) is 5.17. The van der Waals surface area contributed by atoms with E-state index in [4.69, 9.17) is 5.11 Å². The number of rotatable bonds is 2. The fourth-order valence-corrected chi connectivity index (χ4v) is 2.83. The van der Waals surface area contributed by atoms with Crippen LogP contribution in [0.3, 0.4) is 0 Å². The molecule has 78 valence electrons. The number of carboxylic acids is 1. The maximum Gasteiger partial charge on any atom is 0.356 e. The molecule has 3 atom stereocenters. The topological polar surface area (TPSA) is 66.0 Å². The van der Waals surface area contributed by atoms with Crippen LogP contribution in [0.1, 0.15) is 34.6 Å². The van der Waals surface area contributed by atoms with Crippen molar-refractivity contribution in [3.05, 3.63) is 29.1 Å². The molecule has 1 aromatic rings. The van der Waals surface area contributed by atoms with Crippen molar-refractivity contribution in [2.75, 3.05) is 0 Å². The number of hydrogen-bond acceptors (Lipinski definition) is 2. The molecule has 0 aliphatic heterocycles. The molecule has 3 unspecified atom stereocenters. The summed E-state index contributed by atoms with van der Waals surface area (Å²) in [5, 5.41) is 15.7. The van der Waals surface area contributed by atoms with Gasteiger partial charge in [-0.3, -0.25) is 5.10 Å². The maximum atomic E-state index is 10.9. The maximum absolute atomic E-state index is 10.9. The molecule has 0 amide bonds. The number of nitrogens with zero attached hydrogens (tertiary/aromatic N) is 1. The summed E-state index contributed by atoms with van der Waals surface area (Å²) in [5.74, 6) is 0.793. The summed E-state index contributed by atoms with van der Waals surface area (Å²) in [6.07, 6.45) is 5.14. The van der Waals surface area contributed by atoms with Crippen LogP contribution in [0.25, 0.3) is 0 Å². The third-order valence-corrected chi connectivity index (χ3v) is 3.52. The quantitative estimate of drug-likeness (QED) is 0.718. The van der Waals surface area contributed by atoms with Gasteiger partial charge in [0.2, 0.25) is 0 Å². The van der Waals surface area contributed by atoms with Gasteiger partial charge in [0.15, 0.2) is 5.69 Å². The van der Waals surface area contributed by atoms with E-state index in [0.717, 1.165) is 17.7 Å². The van der Waals surface area contributed by atoms with E-state index in [2.05, 4.69) is 22.3 Å². The second kappa shape index (κ2) is 2.72. The Bertz CT molecular complexity index is 461. The Balaban J connectivity index is 1.94. The number of carboxylic acid groups (broad SMARTS) is 1. The Labute approximate surface area is 87.0 Å². The van der Waals surface area contributed by atoms with Crippen molar-refractivity contribution in [2.24, 2.45) is 11.8 Å². The van der Waals surface area contributed by atoms with Crippen molar-refractivity contribution < 1.29 is 9.90 Å². The van der Waals surface area contributed by atoms with Gasteiger partial charge in [0, 0.05) is 17.2 Å². The number of fused-ring (bicyclic) bond motifs is 3. The lowest BCUT2D eigenvalue weighted by Crippen LogP contribution is -2.02. The predicted molar refractivity (Wildman–Crippen MR) is 53.8 cm³/mol. The molecule has 3 rings (SSSR count). The van der Waals surface area contributed by atoms with Crippen LogP contribution in [0.15, 0.2) is 12.2 Å². The van der Waals surface area contributed by atoms with Crippen molar-refractivity contribution in [1.29, 1.82) is 0 Å². The normalized spacial score (nSPS) is 31.7. The molecule has 4 heteroatoms. The molecule has 0 aromatic carbocycles. The number of hydrogen-bond donors (Lipinski definition) is 2. The molecule has 4 nitrogen and oxygen atoms in total. The molecule has 0 bridgehead atoms. The first-order valence-corrected chi connectivity index (χ1v) is 5.17. The predicted octanol–water partition coefficient (Wildman–Crippen LogP) is 1.57. The molecule has 0 saturated heterocycles. The summed E-state index contributed by atoms with van der Waals surface area (Å²) < 4.78 is 0. The fourth-order valence-electron chi connectivity index (χ4n) is 2.83. The van der Waals surface area contributed by atoms with Gasteiger partial charge in [-0.1, -0.05) is 12.2 Å².